The van der Waals surface area contributed by atoms with Crippen LogP contribution in [0.5, 0.6) is 11.5 Å². The molecular weight excluding hydrogens is 266 g/mol. The van der Waals surface area contributed by atoms with Gasteiger partial charge in [-0.25, -0.2) is 0 Å². The van der Waals surface area contributed by atoms with Gasteiger partial charge in [0.25, 0.3) is 0 Å². The summed E-state index contributed by atoms with van der Waals surface area (Å²) in [5.74, 6) is 1.36. The van der Waals surface area contributed by atoms with Gasteiger partial charge in [-0.3, -0.25) is 4.90 Å². The fraction of sp³-hybridized carbons (Fsp3) is 0.562. The lowest BCUT2D eigenvalue weighted by Gasteiger charge is -2.36. The summed E-state index contributed by atoms with van der Waals surface area (Å²) in [5.41, 5.74) is 0.958. The molecule has 0 bridgehead atoms. The minimum absolute atomic E-state index is 0.233. The van der Waals surface area contributed by atoms with Gasteiger partial charge in [0.1, 0.15) is 6.04 Å². The molecule has 0 spiro atoms. The first-order valence-electron chi connectivity index (χ1n) is 7.31. The summed E-state index contributed by atoms with van der Waals surface area (Å²) in [5, 5.41) is 9.57. The van der Waals surface area contributed by atoms with Crippen LogP contribution in [0.2, 0.25) is 0 Å². The SMILES string of the molecule is CCN1CCN(C(C#N)c2ccc(OC)c(OC)c2)CC1. The van der Waals surface area contributed by atoms with Crippen molar-refractivity contribution in [3.63, 3.8) is 0 Å². The van der Waals surface area contributed by atoms with Gasteiger partial charge in [-0.05, 0) is 24.2 Å². The van der Waals surface area contributed by atoms with Gasteiger partial charge in [-0.1, -0.05) is 13.0 Å². The first-order valence-corrected chi connectivity index (χ1v) is 7.31. The van der Waals surface area contributed by atoms with Gasteiger partial charge in [0.05, 0.1) is 20.3 Å². The molecule has 1 heterocycles. The van der Waals surface area contributed by atoms with Crippen LogP contribution in [-0.2, 0) is 0 Å². The molecule has 0 saturated carbocycles. The molecule has 1 saturated heterocycles. The molecule has 0 amide bonds. The van der Waals surface area contributed by atoms with Gasteiger partial charge in [0, 0.05) is 26.2 Å². The summed E-state index contributed by atoms with van der Waals surface area (Å²) >= 11 is 0. The Labute approximate surface area is 126 Å². The highest BCUT2D eigenvalue weighted by atomic mass is 16.5. The third-order valence-corrected chi connectivity index (χ3v) is 4.06. The third kappa shape index (κ3) is 3.46. The molecule has 21 heavy (non-hydrogen) atoms. The highest BCUT2D eigenvalue weighted by molar-refractivity contribution is 5.44. The largest absolute Gasteiger partial charge is 0.493 e. The Balaban J connectivity index is 2.16. The molecule has 1 aromatic carbocycles. The van der Waals surface area contributed by atoms with Crippen molar-refractivity contribution in [2.75, 3.05) is 46.9 Å². The van der Waals surface area contributed by atoms with E-state index >= 15 is 0 Å². The van der Waals surface area contributed by atoms with Gasteiger partial charge in [-0.2, -0.15) is 5.26 Å². The van der Waals surface area contributed by atoms with Gasteiger partial charge in [0.2, 0.25) is 0 Å². The molecular formula is C16H23N3O2. The van der Waals surface area contributed by atoms with Crippen LogP contribution in [0.25, 0.3) is 0 Å². The predicted octanol–water partition coefficient (Wildman–Crippen LogP) is 1.91. The van der Waals surface area contributed by atoms with Crippen molar-refractivity contribution in [1.82, 2.24) is 9.80 Å². The number of nitrogens with zero attached hydrogens (tertiary/aromatic N) is 3. The van der Waals surface area contributed by atoms with E-state index in [0.717, 1.165) is 38.3 Å². The molecule has 1 aliphatic heterocycles. The zero-order chi connectivity index (χ0) is 15.2. The van der Waals surface area contributed by atoms with Crippen LogP contribution in [-0.4, -0.2) is 56.7 Å². The van der Waals surface area contributed by atoms with Crippen LogP contribution >= 0.6 is 0 Å². The zero-order valence-electron chi connectivity index (χ0n) is 13.0. The minimum atomic E-state index is -0.233. The molecule has 5 nitrogen and oxygen atoms in total. The standard InChI is InChI=1S/C16H23N3O2/c1-4-18-7-9-19(10-8-18)14(12-17)13-5-6-15(20-2)16(11-13)21-3/h5-6,11,14H,4,7-10H2,1-3H3. The normalized spacial score (nSPS) is 18.0. The summed E-state index contributed by atoms with van der Waals surface area (Å²) in [6, 6.07) is 7.90. The maximum absolute atomic E-state index is 9.57. The molecule has 0 aromatic heterocycles. The van der Waals surface area contributed by atoms with E-state index in [9.17, 15) is 5.26 Å². The average molecular weight is 289 g/mol. The van der Waals surface area contributed by atoms with Crippen LogP contribution < -0.4 is 9.47 Å². The second-order valence-electron chi connectivity index (χ2n) is 5.12. The Bertz CT molecular complexity index is 505. The summed E-state index contributed by atoms with van der Waals surface area (Å²) in [6.45, 7) is 7.11. The Hall–Kier alpha value is -1.77. The predicted molar refractivity (Wildman–Crippen MR) is 81.6 cm³/mol. The summed E-state index contributed by atoms with van der Waals surface area (Å²) in [7, 11) is 3.23. The molecule has 1 aliphatic rings. The second-order valence-corrected chi connectivity index (χ2v) is 5.12. The zero-order valence-corrected chi connectivity index (χ0v) is 13.0. The summed E-state index contributed by atoms with van der Waals surface area (Å²) in [6.07, 6.45) is 0. The molecule has 5 heteroatoms. The Kier molecular flexibility index (Phi) is 5.43. The Morgan fingerprint density at radius 3 is 2.33 bits per heavy atom. The van der Waals surface area contributed by atoms with Crippen molar-refractivity contribution in [2.45, 2.75) is 13.0 Å². The monoisotopic (exact) mass is 289 g/mol. The maximum atomic E-state index is 9.57. The van der Waals surface area contributed by atoms with E-state index in [2.05, 4.69) is 22.8 Å². The topological polar surface area (TPSA) is 48.7 Å². The van der Waals surface area contributed by atoms with Crippen molar-refractivity contribution < 1.29 is 9.47 Å². The fourth-order valence-electron chi connectivity index (χ4n) is 2.73. The lowest BCUT2D eigenvalue weighted by molar-refractivity contribution is 0.118. The number of ether oxygens (including phenoxy) is 2. The van der Waals surface area contributed by atoms with Gasteiger partial charge in [-0.15, -0.1) is 0 Å². The van der Waals surface area contributed by atoms with Crippen molar-refractivity contribution in [3.8, 4) is 17.6 Å². The summed E-state index contributed by atoms with van der Waals surface area (Å²) in [4.78, 5) is 4.63. The summed E-state index contributed by atoms with van der Waals surface area (Å²) < 4.78 is 10.6. The lowest BCUT2D eigenvalue weighted by atomic mass is 10.0. The van der Waals surface area contributed by atoms with Crippen LogP contribution in [0.15, 0.2) is 18.2 Å². The molecule has 0 radical (unpaired) electrons. The van der Waals surface area contributed by atoms with Crippen LogP contribution in [0, 0.1) is 11.3 Å². The van der Waals surface area contributed by atoms with E-state index in [1.807, 2.05) is 18.2 Å². The average Bonchev–Trinajstić information content (AvgIpc) is 2.56. The lowest BCUT2D eigenvalue weighted by Crippen LogP contribution is -2.47. The number of hydrogen-bond donors (Lipinski definition) is 0. The number of piperazine rings is 1. The smallest absolute Gasteiger partial charge is 0.161 e. The van der Waals surface area contributed by atoms with E-state index in [4.69, 9.17) is 9.47 Å². The first kappa shape index (κ1) is 15.6. The van der Waals surface area contributed by atoms with E-state index < -0.39 is 0 Å². The van der Waals surface area contributed by atoms with Gasteiger partial charge < -0.3 is 14.4 Å². The van der Waals surface area contributed by atoms with E-state index in [-0.39, 0.29) is 6.04 Å². The first-order chi connectivity index (χ1) is 10.2. The van der Waals surface area contributed by atoms with Crippen molar-refractivity contribution >= 4 is 0 Å². The maximum Gasteiger partial charge on any atom is 0.161 e. The number of hydrogen-bond acceptors (Lipinski definition) is 5. The number of nitriles is 1. The van der Waals surface area contributed by atoms with E-state index in [1.54, 1.807) is 14.2 Å². The van der Waals surface area contributed by atoms with Crippen molar-refractivity contribution in [2.24, 2.45) is 0 Å². The molecule has 2 rings (SSSR count). The molecule has 1 fully saturated rings. The molecule has 1 aromatic rings. The highest BCUT2D eigenvalue weighted by Crippen LogP contribution is 2.32. The quantitative estimate of drug-likeness (QED) is 0.828. The second kappa shape index (κ2) is 7.30. The van der Waals surface area contributed by atoms with Gasteiger partial charge in [0.15, 0.2) is 11.5 Å². The van der Waals surface area contributed by atoms with E-state index in [0.29, 0.717) is 11.5 Å². The number of methoxy groups -OCH3 is 2. The molecule has 0 aliphatic carbocycles. The Morgan fingerprint density at radius 2 is 1.81 bits per heavy atom. The number of likely N-dealkylation sites (N-methyl/N-ethyl adjacent to an activating group) is 1. The Morgan fingerprint density at radius 1 is 1.14 bits per heavy atom. The fourth-order valence-corrected chi connectivity index (χ4v) is 2.73. The van der Waals surface area contributed by atoms with Crippen molar-refractivity contribution in [1.29, 1.82) is 5.26 Å². The van der Waals surface area contributed by atoms with Crippen LogP contribution in [0.4, 0.5) is 0 Å². The molecule has 114 valence electrons. The number of benzene rings is 1. The third-order valence-electron chi connectivity index (χ3n) is 4.06. The molecule has 0 N–H and O–H groups in total. The van der Waals surface area contributed by atoms with Crippen LogP contribution in [0.1, 0.15) is 18.5 Å². The molecule has 1 atom stereocenters. The minimum Gasteiger partial charge on any atom is -0.493 e. The highest BCUT2D eigenvalue weighted by Gasteiger charge is 2.25. The van der Waals surface area contributed by atoms with Gasteiger partial charge >= 0.3 is 0 Å². The number of rotatable bonds is 5. The molecule has 1 unspecified atom stereocenters. The van der Waals surface area contributed by atoms with Crippen LogP contribution in [0.3, 0.4) is 0 Å². The van der Waals surface area contributed by atoms with E-state index in [1.165, 1.54) is 0 Å². The van der Waals surface area contributed by atoms with Crippen molar-refractivity contribution in [3.05, 3.63) is 23.8 Å².